The van der Waals surface area contributed by atoms with Gasteiger partial charge in [-0.2, -0.15) is 0 Å². The highest BCUT2D eigenvalue weighted by atomic mass is 16.5. The number of aryl methyl sites for hydroxylation is 1. The molecule has 0 aliphatic carbocycles. The molecule has 4 rings (SSSR count). The van der Waals surface area contributed by atoms with Crippen LogP contribution >= 0.6 is 0 Å². The molecule has 1 N–H and O–H groups in total. The number of nitrogens with zero attached hydrogens (tertiary/aromatic N) is 2. The monoisotopic (exact) mass is 449 g/mol. The largest absolute Gasteiger partial charge is 0.497 e. The Kier molecular flexibility index (Phi) is 7.11. The molecule has 2 aromatic rings. The Morgan fingerprint density at radius 1 is 0.970 bits per heavy atom. The van der Waals surface area contributed by atoms with Gasteiger partial charge < -0.3 is 14.8 Å². The highest BCUT2D eigenvalue weighted by molar-refractivity contribution is 6.36. The number of anilines is 1. The summed E-state index contributed by atoms with van der Waals surface area (Å²) in [5.41, 5.74) is 4.40. The van der Waals surface area contributed by atoms with Gasteiger partial charge in [0.2, 0.25) is 0 Å². The first-order chi connectivity index (χ1) is 16.0. The van der Waals surface area contributed by atoms with Crippen LogP contribution in [0.2, 0.25) is 0 Å². The molecule has 0 atom stereocenters. The Hall–Kier alpha value is -3.16. The van der Waals surface area contributed by atoms with E-state index >= 15 is 0 Å². The molecule has 1 saturated heterocycles. The van der Waals surface area contributed by atoms with E-state index in [9.17, 15) is 9.59 Å². The third kappa shape index (κ3) is 4.94. The molecule has 1 fully saturated rings. The van der Waals surface area contributed by atoms with Gasteiger partial charge in [0.1, 0.15) is 11.4 Å². The Morgan fingerprint density at radius 3 is 2.39 bits per heavy atom. The van der Waals surface area contributed by atoms with Crippen molar-refractivity contribution in [3.8, 4) is 5.75 Å². The number of carbonyl (C=O) groups is 2. The summed E-state index contributed by atoms with van der Waals surface area (Å²) in [6.07, 6.45) is 0.726. The normalized spacial score (nSPS) is 17.1. The number of hydrogen-bond donors (Lipinski definition) is 1. The van der Waals surface area contributed by atoms with Crippen LogP contribution in [0.25, 0.3) is 5.57 Å². The quantitative estimate of drug-likeness (QED) is 0.624. The van der Waals surface area contributed by atoms with Crippen molar-refractivity contribution in [1.82, 2.24) is 9.80 Å². The van der Waals surface area contributed by atoms with Crippen LogP contribution in [0, 0.1) is 13.8 Å². The molecule has 33 heavy (non-hydrogen) atoms. The lowest BCUT2D eigenvalue weighted by atomic mass is 10.0. The third-order valence-electron chi connectivity index (χ3n) is 6.37. The second kappa shape index (κ2) is 10.2. The summed E-state index contributed by atoms with van der Waals surface area (Å²) in [6, 6.07) is 13.1. The molecule has 0 saturated carbocycles. The summed E-state index contributed by atoms with van der Waals surface area (Å²) >= 11 is 0. The number of methoxy groups -OCH3 is 1. The Morgan fingerprint density at radius 2 is 1.70 bits per heavy atom. The van der Waals surface area contributed by atoms with E-state index in [1.807, 2.05) is 44.2 Å². The number of ether oxygens (including phenoxy) is 2. The summed E-state index contributed by atoms with van der Waals surface area (Å²) < 4.78 is 10.7. The van der Waals surface area contributed by atoms with E-state index in [0.29, 0.717) is 29.1 Å². The molecule has 0 bridgehead atoms. The molecule has 2 heterocycles. The SMILES string of the molecule is COc1ccc(C2=C(Nc3cccc(C)c3C)C(=O)N(CCCN3CCOCC3)C2=O)cc1. The van der Waals surface area contributed by atoms with Gasteiger partial charge in [-0.3, -0.25) is 19.4 Å². The number of morpholine rings is 1. The first-order valence-corrected chi connectivity index (χ1v) is 11.4. The van der Waals surface area contributed by atoms with Crippen LogP contribution in [0.3, 0.4) is 0 Å². The lowest BCUT2D eigenvalue weighted by Gasteiger charge is -2.27. The van der Waals surface area contributed by atoms with Gasteiger partial charge in [0.05, 0.1) is 25.9 Å². The van der Waals surface area contributed by atoms with Crippen LogP contribution < -0.4 is 10.1 Å². The van der Waals surface area contributed by atoms with Gasteiger partial charge in [0.25, 0.3) is 11.8 Å². The van der Waals surface area contributed by atoms with Crippen LogP contribution in [-0.2, 0) is 14.3 Å². The summed E-state index contributed by atoms with van der Waals surface area (Å²) in [7, 11) is 1.60. The Bertz CT molecular complexity index is 1060. The van der Waals surface area contributed by atoms with E-state index in [1.54, 1.807) is 19.2 Å². The minimum Gasteiger partial charge on any atom is -0.497 e. The molecule has 7 heteroatoms. The van der Waals surface area contributed by atoms with Crippen molar-refractivity contribution >= 4 is 23.1 Å². The molecule has 2 aliphatic heterocycles. The standard InChI is InChI=1S/C26H31N3O4/c1-18-6-4-7-22(19(18)2)27-24-23(20-8-10-21(32-3)11-9-20)25(30)29(26(24)31)13-5-12-28-14-16-33-17-15-28/h4,6-11,27H,5,12-17H2,1-3H3. The fourth-order valence-electron chi connectivity index (χ4n) is 4.22. The zero-order valence-corrected chi connectivity index (χ0v) is 19.5. The van der Waals surface area contributed by atoms with Crippen molar-refractivity contribution in [3.05, 3.63) is 64.9 Å². The van der Waals surface area contributed by atoms with Crippen molar-refractivity contribution < 1.29 is 19.1 Å². The van der Waals surface area contributed by atoms with Crippen LogP contribution in [-0.4, -0.2) is 68.1 Å². The zero-order valence-electron chi connectivity index (χ0n) is 19.5. The maximum absolute atomic E-state index is 13.4. The van der Waals surface area contributed by atoms with Crippen molar-refractivity contribution in [1.29, 1.82) is 0 Å². The smallest absolute Gasteiger partial charge is 0.278 e. The predicted molar refractivity (Wildman–Crippen MR) is 128 cm³/mol. The number of imide groups is 1. The molecule has 2 aliphatic rings. The molecule has 2 aromatic carbocycles. The molecule has 2 amide bonds. The minimum atomic E-state index is -0.284. The molecular formula is C26H31N3O4. The van der Waals surface area contributed by atoms with Gasteiger partial charge in [0, 0.05) is 31.9 Å². The average molecular weight is 450 g/mol. The third-order valence-corrected chi connectivity index (χ3v) is 6.37. The topological polar surface area (TPSA) is 71.1 Å². The number of nitrogens with one attached hydrogen (secondary N) is 1. The minimum absolute atomic E-state index is 0.264. The molecular weight excluding hydrogens is 418 g/mol. The first kappa shape index (κ1) is 23.0. The van der Waals surface area contributed by atoms with Crippen molar-refractivity contribution in [3.63, 3.8) is 0 Å². The van der Waals surface area contributed by atoms with Crippen molar-refractivity contribution in [2.24, 2.45) is 0 Å². The highest BCUT2D eigenvalue weighted by Crippen LogP contribution is 2.32. The number of carbonyl (C=O) groups excluding carboxylic acids is 2. The summed E-state index contributed by atoms with van der Waals surface area (Å²) in [4.78, 5) is 30.6. The van der Waals surface area contributed by atoms with Gasteiger partial charge in [-0.1, -0.05) is 24.3 Å². The first-order valence-electron chi connectivity index (χ1n) is 11.4. The molecule has 174 valence electrons. The molecule has 0 spiro atoms. The number of rotatable bonds is 8. The number of hydrogen-bond acceptors (Lipinski definition) is 6. The van der Waals surface area contributed by atoms with Crippen molar-refractivity contribution in [2.45, 2.75) is 20.3 Å². The summed E-state index contributed by atoms with van der Waals surface area (Å²) in [5.74, 6) is 0.149. The number of benzene rings is 2. The predicted octanol–water partition coefficient (Wildman–Crippen LogP) is 3.23. The van der Waals surface area contributed by atoms with E-state index in [0.717, 1.165) is 56.1 Å². The fourth-order valence-corrected chi connectivity index (χ4v) is 4.22. The fraction of sp³-hybridized carbons (Fsp3) is 0.385. The lowest BCUT2D eigenvalue weighted by molar-refractivity contribution is -0.136. The molecule has 0 aromatic heterocycles. The van der Waals surface area contributed by atoms with Crippen LogP contribution in [0.15, 0.2) is 48.2 Å². The zero-order chi connectivity index (χ0) is 23.4. The highest BCUT2D eigenvalue weighted by Gasteiger charge is 2.39. The van der Waals surface area contributed by atoms with Crippen molar-refractivity contribution in [2.75, 3.05) is 51.8 Å². The van der Waals surface area contributed by atoms with Gasteiger partial charge in [0.15, 0.2) is 0 Å². The second-order valence-electron chi connectivity index (χ2n) is 8.42. The Labute approximate surface area is 195 Å². The second-order valence-corrected chi connectivity index (χ2v) is 8.42. The number of amides is 2. The van der Waals surface area contributed by atoms with E-state index < -0.39 is 0 Å². The maximum Gasteiger partial charge on any atom is 0.278 e. The van der Waals surface area contributed by atoms with Gasteiger partial charge in [-0.15, -0.1) is 0 Å². The van der Waals surface area contributed by atoms with E-state index in [1.165, 1.54) is 4.90 Å². The molecule has 0 radical (unpaired) electrons. The van der Waals surface area contributed by atoms with Gasteiger partial charge in [-0.25, -0.2) is 0 Å². The van der Waals surface area contributed by atoms with E-state index in [2.05, 4.69) is 10.2 Å². The van der Waals surface area contributed by atoms with E-state index in [4.69, 9.17) is 9.47 Å². The van der Waals surface area contributed by atoms with Crippen LogP contribution in [0.5, 0.6) is 5.75 Å². The van der Waals surface area contributed by atoms with Crippen LogP contribution in [0.4, 0.5) is 5.69 Å². The van der Waals surface area contributed by atoms with Gasteiger partial charge >= 0.3 is 0 Å². The molecule has 0 unspecified atom stereocenters. The van der Waals surface area contributed by atoms with Crippen LogP contribution in [0.1, 0.15) is 23.1 Å². The lowest BCUT2D eigenvalue weighted by Crippen LogP contribution is -2.39. The Balaban J connectivity index is 1.60. The average Bonchev–Trinajstić information content (AvgIpc) is 3.07. The van der Waals surface area contributed by atoms with Gasteiger partial charge in [-0.05, 0) is 55.2 Å². The summed E-state index contributed by atoms with van der Waals surface area (Å²) in [6.45, 7) is 8.48. The maximum atomic E-state index is 13.4. The summed E-state index contributed by atoms with van der Waals surface area (Å²) in [5, 5.41) is 3.29. The molecule has 7 nitrogen and oxygen atoms in total. The van der Waals surface area contributed by atoms with E-state index in [-0.39, 0.29) is 11.8 Å².